The van der Waals surface area contributed by atoms with Crippen LogP contribution in [0.3, 0.4) is 0 Å². The van der Waals surface area contributed by atoms with Gasteiger partial charge < -0.3 is 5.11 Å². The molecule has 0 spiro atoms. The first-order valence-electron chi connectivity index (χ1n) is 9.98. The number of hydrogen-bond acceptors (Lipinski definition) is 5. The van der Waals surface area contributed by atoms with Gasteiger partial charge in [0.1, 0.15) is 12.1 Å². The molecule has 2 aromatic carbocycles. The number of phenols is 1. The molecular formula is C24H29N3O2S. The summed E-state index contributed by atoms with van der Waals surface area (Å²) in [5.74, 6) is 0.519. The third-order valence-corrected chi connectivity index (χ3v) is 5.87. The number of rotatable bonds is 5. The molecule has 0 saturated heterocycles. The molecule has 3 rings (SSSR count). The van der Waals surface area contributed by atoms with Gasteiger partial charge in [0.2, 0.25) is 0 Å². The van der Waals surface area contributed by atoms with Gasteiger partial charge in [-0.2, -0.15) is 0 Å². The van der Waals surface area contributed by atoms with Crippen LogP contribution in [0.4, 0.5) is 0 Å². The Morgan fingerprint density at radius 1 is 1.00 bits per heavy atom. The lowest BCUT2D eigenvalue weighted by atomic mass is 9.78. The molecule has 6 heteroatoms. The van der Waals surface area contributed by atoms with Gasteiger partial charge >= 0.3 is 0 Å². The van der Waals surface area contributed by atoms with E-state index in [2.05, 4.69) is 10.2 Å². The zero-order valence-corrected chi connectivity index (χ0v) is 19.2. The average molecular weight is 424 g/mol. The van der Waals surface area contributed by atoms with Gasteiger partial charge in [-0.1, -0.05) is 71.5 Å². The second-order valence-electron chi connectivity index (χ2n) is 9.45. The lowest BCUT2D eigenvalue weighted by Crippen LogP contribution is -2.19. The van der Waals surface area contributed by atoms with Crippen molar-refractivity contribution in [2.45, 2.75) is 57.5 Å². The molecule has 0 unspecified atom stereocenters. The first-order chi connectivity index (χ1) is 14.0. The van der Waals surface area contributed by atoms with Gasteiger partial charge in [-0.05, 0) is 35.1 Å². The number of ketones is 1. The molecule has 0 amide bonds. The van der Waals surface area contributed by atoms with E-state index in [1.165, 1.54) is 11.8 Å². The molecule has 1 N–H and O–H groups in total. The summed E-state index contributed by atoms with van der Waals surface area (Å²) in [6, 6.07) is 13.5. The van der Waals surface area contributed by atoms with E-state index in [-0.39, 0.29) is 28.1 Å². The number of phenolic OH excluding ortho intramolecular Hbond substituents is 1. The normalized spacial score (nSPS) is 12.2. The second-order valence-corrected chi connectivity index (χ2v) is 10.4. The molecule has 0 aliphatic heterocycles. The molecule has 0 saturated carbocycles. The van der Waals surface area contributed by atoms with E-state index < -0.39 is 0 Å². The topological polar surface area (TPSA) is 68.0 Å². The van der Waals surface area contributed by atoms with E-state index in [4.69, 9.17) is 0 Å². The highest BCUT2D eigenvalue weighted by Gasteiger charge is 2.28. The van der Waals surface area contributed by atoms with Gasteiger partial charge in [-0.15, -0.1) is 10.2 Å². The third kappa shape index (κ3) is 4.75. The van der Waals surface area contributed by atoms with Crippen LogP contribution >= 0.6 is 11.8 Å². The molecule has 0 bridgehead atoms. The highest BCUT2D eigenvalue weighted by Crippen LogP contribution is 2.40. The number of Topliss-reactive ketones (excluding diaryl/α,β-unsaturated/α-hetero) is 1. The molecular weight excluding hydrogens is 394 g/mol. The fourth-order valence-corrected chi connectivity index (χ4v) is 4.06. The highest BCUT2D eigenvalue weighted by molar-refractivity contribution is 7.99. The zero-order valence-electron chi connectivity index (χ0n) is 18.4. The number of carbonyl (C=O) groups excluding carboxylic acids is 1. The minimum Gasteiger partial charge on any atom is -0.507 e. The largest absolute Gasteiger partial charge is 0.507 e. The SMILES string of the molecule is CC(C)(C)c1cc(C(=O)CSc2nncn2-c2ccccc2)cc(C(C)(C)C)c1O. The lowest BCUT2D eigenvalue weighted by Gasteiger charge is -2.28. The summed E-state index contributed by atoms with van der Waals surface area (Å²) >= 11 is 1.36. The van der Waals surface area contributed by atoms with Crippen LogP contribution in [0, 0.1) is 0 Å². The molecule has 158 valence electrons. The molecule has 0 atom stereocenters. The standard InChI is InChI=1S/C24H29N3O2S/c1-23(2,3)18-12-16(13-19(21(18)29)24(4,5)6)20(28)14-30-22-26-25-15-27(22)17-10-8-7-9-11-17/h7-13,15,29H,14H2,1-6H3. The van der Waals surface area contributed by atoms with E-state index in [1.807, 2.05) is 88.6 Å². The Morgan fingerprint density at radius 2 is 1.57 bits per heavy atom. The Kier molecular flexibility index (Phi) is 6.09. The smallest absolute Gasteiger partial charge is 0.196 e. The van der Waals surface area contributed by atoms with Crippen LogP contribution in [-0.4, -0.2) is 31.4 Å². The van der Waals surface area contributed by atoms with Gasteiger partial charge in [-0.25, -0.2) is 0 Å². The maximum atomic E-state index is 13.1. The summed E-state index contributed by atoms with van der Waals surface area (Å²) in [6.45, 7) is 12.2. The molecule has 3 aromatic rings. The number of aromatic nitrogens is 3. The Hall–Kier alpha value is -2.60. The number of hydrogen-bond donors (Lipinski definition) is 1. The summed E-state index contributed by atoms with van der Waals surface area (Å²) < 4.78 is 1.87. The molecule has 0 radical (unpaired) electrons. The van der Waals surface area contributed by atoms with Crippen LogP contribution in [0.25, 0.3) is 5.69 Å². The predicted molar refractivity (Wildman–Crippen MR) is 122 cm³/mol. The van der Waals surface area contributed by atoms with Crippen LogP contribution < -0.4 is 0 Å². The van der Waals surface area contributed by atoms with Crippen molar-refractivity contribution in [3.05, 3.63) is 65.5 Å². The first kappa shape index (κ1) is 22.1. The van der Waals surface area contributed by atoms with Crippen molar-refractivity contribution in [3.63, 3.8) is 0 Å². The number of thioether (sulfide) groups is 1. The van der Waals surface area contributed by atoms with Crippen molar-refractivity contribution in [1.29, 1.82) is 0 Å². The van der Waals surface area contributed by atoms with Crippen molar-refractivity contribution in [2.75, 3.05) is 5.75 Å². The zero-order chi connectivity index (χ0) is 22.1. The number of nitrogens with zero attached hydrogens (tertiary/aromatic N) is 3. The van der Waals surface area contributed by atoms with E-state index >= 15 is 0 Å². The molecule has 0 aliphatic rings. The minimum atomic E-state index is -0.277. The maximum absolute atomic E-state index is 13.1. The second kappa shape index (κ2) is 8.26. The van der Waals surface area contributed by atoms with E-state index in [0.29, 0.717) is 10.7 Å². The van der Waals surface area contributed by atoms with Gasteiger partial charge in [0, 0.05) is 22.4 Å². The van der Waals surface area contributed by atoms with Gasteiger partial charge in [-0.3, -0.25) is 9.36 Å². The van der Waals surface area contributed by atoms with Gasteiger partial charge in [0.25, 0.3) is 0 Å². The van der Waals surface area contributed by atoms with Crippen LogP contribution in [0.5, 0.6) is 5.75 Å². The fourth-order valence-electron chi connectivity index (χ4n) is 3.24. The lowest BCUT2D eigenvalue weighted by molar-refractivity contribution is 0.102. The molecule has 1 heterocycles. The van der Waals surface area contributed by atoms with E-state index in [0.717, 1.165) is 16.8 Å². The quantitative estimate of drug-likeness (QED) is 0.431. The number of para-hydroxylation sites is 1. The van der Waals surface area contributed by atoms with E-state index in [1.54, 1.807) is 6.33 Å². The molecule has 5 nitrogen and oxygen atoms in total. The first-order valence-corrected chi connectivity index (χ1v) is 11.0. The van der Waals surface area contributed by atoms with Crippen LogP contribution in [0.1, 0.15) is 63.0 Å². The Balaban J connectivity index is 1.89. The Labute approximate surface area is 182 Å². The average Bonchev–Trinajstić information content (AvgIpc) is 3.13. The summed E-state index contributed by atoms with van der Waals surface area (Å²) in [4.78, 5) is 13.1. The van der Waals surface area contributed by atoms with Crippen LogP contribution in [0.2, 0.25) is 0 Å². The molecule has 1 aromatic heterocycles. The van der Waals surface area contributed by atoms with Crippen molar-refractivity contribution in [2.24, 2.45) is 0 Å². The summed E-state index contributed by atoms with van der Waals surface area (Å²) in [6.07, 6.45) is 1.65. The number of aromatic hydroxyl groups is 1. The Morgan fingerprint density at radius 3 is 2.10 bits per heavy atom. The highest BCUT2D eigenvalue weighted by atomic mass is 32.2. The summed E-state index contributed by atoms with van der Waals surface area (Å²) in [5.41, 5.74) is 2.58. The minimum absolute atomic E-state index is 0.00129. The maximum Gasteiger partial charge on any atom is 0.196 e. The van der Waals surface area contributed by atoms with Crippen molar-refractivity contribution in [1.82, 2.24) is 14.8 Å². The van der Waals surface area contributed by atoms with Crippen molar-refractivity contribution in [3.8, 4) is 11.4 Å². The van der Waals surface area contributed by atoms with Crippen LogP contribution in [0.15, 0.2) is 53.9 Å². The predicted octanol–water partition coefficient (Wildman–Crippen LogP) is 5.54. The van der Waals surface area contributed by atoms with Crippen molar-refractivity contribution >= 4 is 17.5 Å². The third-order valence-electron chi connectivity index (χ3n) is 4.93. The number of benzene rings is 2. The van der Waals surface area contributed by atoms with Gasteiger partial charge in [0.15, 0.2) is 10.9 Å². The molecule has 0 aliphatic carbocycles. The fraction of sp³-hybridized carbons (Fsp3) is 0.375. The monoisotopic (exact) mass is 423 g/mol. The summed E-state index contributed by atoms with van der Waals surface area (Å²) in [7, 11) is 0. The summed E-state index contributed by atoms with van der Waals surface area (Å²) in [5, 5.41) is 19.7. The molecule has 0 fully saturated rings. The molecule has 30 heavy (non-hydrogen) atoms. The Bertz CT molecular complexity index is 1010. The van der Waals surface area contributed by atoms with Crippen molar-refractivity contribution < 1.29 is 9.90 Å². The van der Waals surface area contributed by atoms with Crippen LogP contribution in [-0.2, 0) is 10.8 Å². The van der Waals surface area contributed by atoms with E-state index in [9.17, 15) is 9.90 Å². The van der Waals surface area contributed by atoms with Gasteiger partial charge in [0.05, 0.1) is 5.75 Å². The number of carbonyl (C=O) groups is 1.